The molecular formula is C18H31NO3. The maximum atomic E-state index is 11.9. The van der Waals surface area contributed by atoms with Crippen molar-refractivity contribution in [2.24, 2.45) is 5.92 Å². The molecular weight excluding hydrogens is 278 g/mol. The molecule has 4 nitrogen and oxygen atoms in total. The first-order chi connectivity index (χ1) is 10.7. The summed E-state index contributed by atoms with van der Waals surface area (Å²) in [6, 6.07) is 0. The van der Waals surface area contributed by atoms with Gasteiger partial charge in [-0.15, -0.1) is 0 Å². The van der Waals surface area contributed by atoms with Crippen LogP contribution in [0.4, 0.5) is 0 Å². The number of unbranched alkanes of at least 4 members (excludes halogenated alkanes) is 8. The van der Waals surface area contributed by atoms with E-state index in [0.29, 0.717) is 0 Å². The fourth-order valence-corrected chi connectivity index (χ4v) is 2.85. The van der Waals surface area contributed by atoms with E-state index in [1.54, 1.807) is 0 Å². The lowest BCUT2D eigenvalue weighted by molar-refractivity contribution is -0.139. The number of aliphatic hydroxyl groups excluding tert-OH is 1. The van der Waals surface area contributed by atoms with Crippen LogP contribution in [0.2, 0.25) is 0 Å². The molecule has 22 heavy (non-hydrogen) atoms. The zero-order valence-corrected chi connectivity index (χ0v) is 13.9. The molecule has 0 aromatic rings. The molecule has 0 spiro atoms. The lowest BCUT2D eigenvalue weighted by atomic mass is 10.0. The van der Waals surface area contributed by atoms with E-state index < -0.39 is 0 Å². The van der Waals surface area contributed by atoms with E-state index in [-0.39, 0.29) is 37.3 Å². The lowest BCUT2D eigenvalue weighted by Crippen LogP contribution is -2.32. The van der Waals surface area contributed by atoms with Crippen LogP contribution in [0, 0.1) is 5.92 Å². The molecule has 1 saturated heterocycles. The maximum absolute atomic E-state index is 11.9. The minimum Gasteiger partial charge on any atom is -0.395 e. The SMILES string of the molecule is CCCCCCCCCCC=CC1CC(=O)N(CCO)C1=O. The normalized spacial score (nSPS) is 18.8. The Morgan fingerprint density at radius 1 is 1.09 bits per heavy atom. The third kappa shape index (κ3) is 6.73. The highest BCUT2D eigenvalue weighted by Gasteiger charge is 2.36. The highest BCUT2D eigenvalue weighted by atomic mass is 16.3. The van der Waals surface area contributed by atoms with Gasteiger partial charge in [0.1, 0.15) is 0 Å². The third-order valence-corrected chi connectivity index (χ3v) is 4.20. The van der Waals surface area contributed by atoms with E-state index in [0.717, 1.165) is 12.8 Å². The van der Waals surface area contributed by atoms with E-state index in [4.69, 9.17) is 5.11 Å². The summed E-state index contributed by atoms with van der Waals surface area (Å²) in [5.41, 5.74) is 0. The Labute approximate surface area is 134 Å². The molecule has 0 aromatic carbocycles. The van der Waals surface area contributed by atoms with Gasteiger partial charge in [-0.1, -0.05) is 64.0 Å². The van der Waals surface area contributed by atoms with Gasteiger partial charge in [0, 0.05) is 6.42 Å². The Morgan fingerprint density at radius 3 is 2.36 bits per heavy atom. The molecule has 126 valence electrons. The number of amides is 2. The van der Waals surface area contributed by atoms with Gasteiger partial charge in [0.15, 0.2) is 0 Å². The van der Waals surface area contributed by atoms with Crippen molar-refractivity contribution < 1.29 is 14.7 Å². The van der Waals surface area contributed by atoms with E-state index >= 15 is 0 Å². The van der Waals surface area contributed by atoms with Gasteiger partial charge in [-0.25, -0.2) is 0 Å². The van der Waals surface area contributed by atoms with Gasteiger partial charge in [-0.2, -0.15) is 0 Å². The number of allylic oxidation sites excluding steroid dienone is 1. The van der Waals surface area contributed by atoms with Crippen LogP contribution in [0.5, 0.6) is 0 Å². The lowest BCUT2D eigenvalue weighted by Gasteiger charge is -2.11. The molecule has 0 aromatic heterocycles. The van der Waals surface area contributed by atoms with E-state index in [1.165, 1.54) is 49.8 Å². The first-order valence-corrected chi connectivity index (χ1v) is 8.82. The molecule has 1 aliphatic heterocycles. The van der Waals surface area contributed by atoms with Crippen molar-refractivity contribution >= 4 is 11.8 Å². The summed E-state index contributed by atoms with van der Waals surface area (Å²) in [6.45, 7) is 2.20. The maximum Gasteiger partial charge on any atom is 0.236 e. The van der Waals surface area contributed by atoms with Gasteiger partial charge >= 0.3 is 0 Å². The Morgan fingerprint density at radius 2 is 1.73 bits per heavy atom. The van der Waals surface area contributed by atoms with Crippen molar-refractivity contribution in [3.8, 4) is 0 Å². The fraction of sp³-hybridized carbons (Fsp3) is 0.778. The van der Waals surface area contributed by atoms with Crippen molar-refractivity contribution in [2.45, 2.75) is 71.1 Å². The highest BCUT2D eigenvalue weighted by molar-refractivity contribution is 6.04. The molecule has 0 saturated carbocycles. The van der Waals surface area contributed by atoms with Gasteiger partial charge in [0.25, 0.3) is 0 Å². The molecule has 0 radical (unpaired) electrons. The van der Waals surface area contributed by atoms with Gasteiger partial charge in [-0.3, -0.25) is 14.5 Å². The summed E-state index contributed by atoms with van der Waals surface area (Å²) >= 11 is 0. The number of nitrogens with zero attached hydrogens (tertiary/aromatic N) is 1. The average molecular weight is 309 g/mol. The predicted molar refractivity (Wildman–Crippen MR) is 88.3 cm³/mol. The Hall–Kier alpha value is -1.16. The fourth-order valence-electron chi connectivity index (χ4n) is 2.85. The molecule has 1 aliphatic rings. The van der Waals surface area contributed by atoms with Crippen LogP contribution in [0.1, 0.15) is 71.1 Å². The number of likely N-dealkylation sites (tertiary alicyclic amines) is 1. The minimum absolute atomic E-state index is 0.125. The van der Waals surface area contributed by atoms with Crippen LogP contribution in [0.3, 0.4) is 0 Å². The van der Waals surface area contributed by atoms with Crippen molar-refractivity contribution in [2.75, 3.05) is 13.2 Å². The monoisotopic (exact) mass is 309 g/mol. The van der Waals surface area contributed by atoms with Crippen LogP contribution in [-0.4, -0.2) is 35.0 Å². The number of rotatable bonds is 12. The smallest absolute Gasteiger partial charge is 0.236 e. The Balaban J connectivity index is 2.09. The van der Waals surface area contributed by atoms with E-state index in [9.17, 15) is 9.59 Å². The van der Waals surface area contributed by atoms with Crippen molar-refractivity contribution in [1.29, 1.82) is 0 Å². The number of β-amino-alcohol motifs (C(OH)–C–C–N with tert-alkyl or cyclic N) is 1. The zero-order valence-electron chi connectivity index (χ0n) is 13.9. The molecule has 1 heterocycles. The number of aliphatic hydroxyl groups is 1. The average Bonchev–Trinajstić information content (AvgIpc) is 2.77. The summed E-state index contributed by atoms with van der Waals surface area (Å²) in [6.07, 6.45) is 15.5. The first kappa shape index (κ1) is 18.9. The van der Waals surface area contributed by atoms with Crippen molar-refractivity contribution in [3.63, 3.8) is 0 Å². The third-order valence-electron chi connectivity index (χ3n) is 4.20. The summed E-state index contributed by atoms with van der Waals surface area (Å²) in [7, 11) is 0. The second kappa shape index (κ2) is 11.4. The van der Waals surface area contributed by atoms with Crippen LogP contribution in [0.25, 0.3) is 0 Å². The molecule has 1 N–H and O–H groups in total. The van der Waals surface area contributed by atoms with Crippen LogP contribution >= 0.6 is 0 Å². The number of imide groups is 1. The molecule has 2 amide bonds. The predicted octanol–water partition coefficient (Wildman–Crippen LogP) is 3.44. The van der Waals surface area contributed by atoms with Crippen LogP contribution in [-0.2, 0) is 9.59 Å². The summed E-state index contributed by atoms with van der Waals surface area (Å²) in [5.74, 6) is -0.639. The van der Waals surface area contributed by atoms with Crippen LogP contribution < -0.4 is 0 Å². The number of hydrogen-bond donors (Lipinski definition) is 1. The first-order valence-electron chi connectivity index (χ1n) is 8.82. The van der Waals surface area contributed by atoms with Crippen molar-refractivity contribution in [1.82, 2.24) is 4.90 Å². The van der Waals surface area contributed by atoms with Crippen LogP contribution in [0.15, 0.2) is 12.2 Å². The largest absolute Gasteiger partial charge is 0.395 e. The molecule has 1 fully saturated rings. The van der Waals surface area contributed by atoms with Gasteiger partial charge in [-0.05, 0) is 12.8 Å². The molecule has 1 atom stereocenters. The molecule has 4 heteroatoms. The van der Waals surface area contributed by atoms with Gasteiger partial charge in [0.05, 0.1) is 19.1 Å². The number of hydrogen-bond acceptors (Lipinski definition) is 3. The molecule has 0 aliphatic carbocycles. The Bertz CT molecular complexity index is 365. The van der Waals surface area contributed by atoms with Crippen molar-refractivity contribution in [3.05, 3.63) is 12.2 Å². The zero-order chi connectivity index (χ0) is 16.2. The summed E-state index contributed by atoms with van der Waals surface area (Å²) < 4.78 is 0. The second-order valence-corrected chi connectivity index (χ2v) is 6.11. The number of carbonyl (C=O) groups excluding carboxylic acids is 2. The molecule has 1 unspecified atom stereocenters. The standard InChI is InChI=1S/C18H31NO3/c1-2-3-4-5-6-7-8-9-10-11-12-16-15-17(21)19(13-14-20)18(16)22/h11-12,16,20H,2-10,13-15H2,1H3. The van der Waals surface area contributed by atoms with E-state index in [1.807, 2.05) is 12.2 Å². The van der Waals surface area contributed by atoms with Gasteiger partial charge < -0.3 is 5.11 Å². The Kier molecular flexibility index (Phi) is 9.80. The molecule has 0 bridgehead atoms. The summed E-state index contributed by atoms with van der Waals surface area (Å²) in [4.78, 5) is 24.7. The second-order valence-electron chi connectivity index (χ2n) is 6.11. The highest BCUT2D eigenvalue weighted by Crippen LogP contribution is 2.21. The topological polar surface area (TPSA) is 57.6 Å². The quantitative estimate of drug-likeness (QED) is 0.341. The minimum atomic E-state index is -0.312. The van der Waals surface area contributed by atoms with E-state index in [2.05, 4.69) is 6.92 Å². The molecule has 1 rings (SSSR count). The van der Waals surface area contributed by atoms with Gasteiger partial charge in [0.2, 0.25) is 11.8 Å². The summed E-state index contributed by atoms with van der Waals surface area (Å²) in [5, 5.41) is 8.85. The number of carbonyl (C=O) groups is 2.